The molecule has 13 heteroatoms. The number of hydrogen-bond acceptors (Lipinski definition) is 7. The SMILES string of the molecule is COc1ccc(OC)c(C2CC(c3ccccc3Cl)=NN2C(=O)CN(CCN2CCOCC2)C(=O)c2ccc(C(F)(F)F)cc2)c1. The van der Waals surface area contributed by atoms with Gasteiger partial charge < -0.3 is 19.1 Å². The van der Waals surface area contributed by atoms with Gasteiger partial charge in [0.1, 0.15) is 18.0 Å². The largest absolute Gasteiger partial charge is 0.497 e. The molecule has 1 unspecified atom stereocenters. The Balaban J connectivity index is 1.47. The zero-order valence-electron chi connectivity index (χ0n) is 25.4. The molecule has 9 nitrogen and oxygen atoms in total. The lowest BCUT2D eigenvalue weighted by molar-refractivity contribution is -0.137. The summed E-state index contributed by atoms with van der Waals surface area (Å²) < 4.78 is 56.1. The van der Waals surface area contributed by atoms with E-state index in [4.69, 9.17) is 30.9 Å². The van der Waals surface area contributed by atoms with Crippen molar-refractivity contribution < 1.29 is 37.0 Å². The predicted molar refractivity (Wildman–Crippen MR) is 166 cm³/mol. The quantitative estimate of drug-likeness (QED) is 0.285. The van der Waals surface area contributed by atoms with E-state index < -0.39 is 29.6 Å². The third kappa shape index (κ3) is 7.63. The van der Waals surface area contributed by atoms with E-state index >= 15 is 0 Å². The fourth-order valence-electron chi connectivity index (χ4n) is 5.50. The van der Waals surface area contributed by atoms with Crippen LogP contribution in [0.1, 0.15) is 39.5 Å². The van der Waals surface area contributed by atoms with Gasteiger partial charge >= 0.3 is 6.18 Å². The van der Waals surface area contributed by atoms with Crippen LogP contribution in [0, 0.1) is 0 Å². The van der Waals surface area contributed by atoms with Crippen molar-refractivity contribution in [2.24, 2.45) is 5.10 Å². The number of methoxy groups -OCH3 is 2. The van der Waals surface area contributed by atoms with Crippen molar-refractivity contribution in [3.63, 3.8) is 0 Å². The number of morpholine rings is 1. The second-order valence-corrected chi connectivity index (χ2v) is 11.3. The van der Waals surface area contributed by atoms with Crippen LogP contribution in [0.5, 0.6) is 11.5 Å². The molecule has 2 aliphatic rings. The Hall–Kier alpha value is -4.13. The fourth-order valence-corrected chi connectivity index (χ4v) is 5.74. The van der Waals surface area contributed by atoms with E-state index in [0.717, 1.165) is 24.3 Å². The second-order valence-electron chi connectivity index (χ2n) is 10.8. The molecule has 2 aliphatic heterocycles. The number of carbonyl (C=O) groups is 2. The summed E-state index contributed by atoms with van der Waals surface area (Å²) in [5.41, 5.74) is 1.05. The minimum atomic E-state index is -4.54. The maximum absolute atomic E-state index is 14.2. The van der Waals surface area contributed by atoms with Crippen molar-refractivity contribution in [1.29, 1.82) is 0 Å². The molecule has 0 saturated carbocycles. The highest BCUT2D eigenvalue weighted by Gasteiger charge is 2.37. The molecule has 3 aromatic rings. The standard InChI is InChI=1S/C33H34ClF3N4O5/c1-44-24-11-12-30(45-2)26(19-24)29-20-28(25-5-3-4-6-27(25)34)38-41(29)31(42)21-40(14-13-39-15-17-46-18-16-39)32(43)22-7-9-23(10-8-22)33(35,36)37/h3-12,19,29H,13-18,20-21H2,1-2H3. The molecule has 1 saturated heterocycles. The molecule has 1 atom stereocenters. The number of amides is 2. The molecule has 244 valence electrons. The van der Waals surface area contributed by atoms with Crippen LogP contribution in [0.15, 0.2) is 71.8 Å². The minimum absolute atomic E-state index is 0.0375. The van der Waals surface area contributed by atoms with E-state index in [-0.39, 0.29) is 18.7 Å². The number of nitrogens with zero attached hydrogens (tertiary/aromatic N) is 4. The van der Waals surface area contributed by atoms with Gasteiger partial charge in [0.25, 0.3) is 11.8 Å². The molecule has 46 heavy (non-hydrogen) atoms. The zero-order valence-corrected chi connectivity index (χ0v) is 26.2. The maximum Gasteiger partial charge on any atom is 0.416 e. The van der Waals surface area contributed by atoms with Crippen molar-refractivity contribution in [3.05, 3.63) is 94.0 Å². The zero-order chi connectivity index (χ0) is 32.8. The van der Waals surface area contributed by atoms with Gasteiger partial charge in [-0.1, -0.05) is 29.8 Å². The molecule has 0 radical (unpaired) electrons. The number of alkyl halides is 3. The molecule has 1 fully saturated rings. The first-order valence-corrected chi connectivity index (χ1v) is 15.1. The lowest BCUT2D eigenvalue weighted by Crippen LogP contribution is -2.46. The number of hydrogen-bond donors (Lipinski definition) is 0. The molecule has 2 amide bonds. The summed E-state index contributed by atoms with van der Waals surface area (Å²) in [7, 11) is 3.06. The van der Waals surface area contributed by atoms with Crippen LogP contribution in [-0.4, -0.2) is 92.5 Å². The van der Waals surface area contributed by atoms with E-state index in [9.17, 15) is 22.8 Å². The summed E-state index contributed by atoms with van der Waals surface area (Å²) >= 11 is 6.51. The van der Waals surface area contributed by atoms with E-state index in [1.165, 1.54) is 24.1 Å². The van der Waals surface area contributed by atoms with Gasteiger partial charge in [-0.25, -0.2) is 5.01 Å². The van der Waals surface area contributed by atoms with Gasteiger partial charge in [0.15, 0.2) is 0 Å². The molecule has 0 aliphatic carbocycles. The number of rotatable bonds is 10. The van der Waals surface area contributed by atoms with Gasteiger partial charge in [0, 0.05) is 54.3 Å². The van der Waals surface area contributed by atoms with Crippen LogP contribution in [0.2, 0.25) is 5.02 Å². The summed E-state index contributed by atoms with van der Waals surface area (Å²) in [5.74, 6) is 0.0164. The highest BCUT2D eigenvalue weighted by atomic mass is 35.5. The average Bonchev–Trinajstić information content (AvgIpc) is 3.51. The highest BCUT2D eigenvalue weighted by Crippen LogP contribution is 2.40. The van der Waals surface area contributed by atoms with Crippen LogP contribution < -0.4 is 9.47 Å². The number of ether oxygens (including phenoxy) is 3. The molecule has 0 aromatic heterocycles. The van der Waals surface area contributed by atoms with Gasteiger partial charge in [-0.05, 0) is 48.5 Å². The number of carbonyl (C=O) groups excluding carboxylic acids is 2. The van der Waals surface area contributed by atoms with Crippen molar-refractivity contribution in [1.82, 2.24) is 14.8 Å². The molecule has 5 rings (SSSR count). The van der Waals surface area contributed by atoms with Crippen molar-refractivity contribution in [2.45, 2.75) is 18.6 Å². The fraction of sp³-hybridized carbons (Fsp3) is 0.364. The minimum Gasteiger partial charge on any atom is -0.497 e. The normalized spacial score (nSPS) is 17.0. The van der Waals surface area contributed by atoms with Gasteiger partial charge in [0.05, 0.1) is 44.8 Å². The Bertz CT molecular complexity index is 1580. The van der Waals surface area contributed by atoms with Gasteiger partial charge in [0.2, 0.25) is 0 Å². The molecule has 0 bridgehead atoms. The van der Waals surface area contributed by atoms with Gasteiger partial charge in [-0.2, -0.15) is 18.3 Å². The second kappa shape index (κ2) is 14.5. The Morgan fingerprint density at radius 2 is 1.74 bits per heavy atom. The van der Waals surface area contributed by atoms with Crippen molar-refractivity contribution in [3.8, 4) is 11.5 Å². The first-order chi connectivity index (χ1) is 22.1. The number of hydrazone groups is 1. The lowest BCUT2D eigenvalue weighted by atomic mass is 9.97. The average molecular weight is 659 g/mol. The number of benzene rings is 3. The van der Waals surface area contributed by atoms with Gasteiger partial charge in [-0.15, -0.1) is 0 Å². The first kappa shape index (κ1) is 33.2. The maximum atomic E-state index is 14.2. The molecule has 3 aromatic carbocycles. The van der Waals surface area contributed by atoms with Crippen LogP contribution in [0.4, 0.5) is 13.2 Å². The van der Waals surface area contributed by atoms with Crippen LogP contribution in [0.25, 0.3) is 0 Å². The Kier molecular flexibility index (Phi) is 10.5. The summed E-state index contributed by atoms with van der Waals surface area (Å²) in [6.07, 6.45) is -4.24. The third-order valence-corrected chi connectivity index (χ3v) is 8.34. The summed E-state index contributed by atoms with van der Waals surface area (Å²) in [5, 5.41) is 6.51. The third-order valence-electron chi connectivity index (χ3n) is 8.01. The van der Waals surface area contributed by atoms with Crippen molar-refractivity contribution in [2.75, 3.05) is 60.2 Å². The summed E-state index contributed by atoms with van der Waals surface area (Å²) in [6, 6.07) is 15.8. The summed E-state index contributed by atoms with van der Waals surface area (Å²) in [4.78, 5) is 31.4. The van der Waals surface area contributed by atoms with Crippen LogP contribution in [0.3, 0.4) is 0 Å². The Morgan fingerprint density at radius 1 is 1.02 bits per heavy atom. The molecular formula is C33H34ClF3N4O5. The van der Waals surface area contributed by atoms with Crippen molar-refractivity contribution >= 4 is 29.1 Å². The highest BCUT2D eigenvalue weighted by molar-refractivity contribution is 6.34. The van der Waals surface area contributed by atoms with Crippen LogP contribution in [-0.2, 0) is 15.7 Å². The molecule has 0 N–H and O–H groups in total. The summed E-state index contributed by atoms with van der Waals surface area (Å²) in [6.45, 7) is 2.65. The smallest absolute Gasteiger partial charge is 0.416 e. The Morgan fingerprint density at radius 3 is 2.39 bits per heavy atom. The van der Waals surface area contributed by atoms with E-state index in [1.54, 1.807) is 30.3 Å². The first-order valence-electron chi connectivity index (χ1n) is 14.7. The topological polar surface area (TPSA) is 83.9 Å². The Labute approximate surface area is 270 Å². The van der Waals surface area contributed by atoms with Crippen LogP contribution >= 0.6 is 11.6 Å². The molecule has 0 spiro atoms. The monoisotopic (exact) mass is 658 g/mol. The molecular weight excluding hydrogens is 625 g/mol. The predicted octanol–water partition coefficient (Wildman–Crippen LogP) is 5.53. The van der Waals surface area contributed by atoms with E-state index in [0.29, 0.717) is 72.6 Å². The van der Waals surface area contributed by atoms with Gasteiger partial charge in [-0.3, -0.25) is 14.5 Å². The van der Waals surface area contributed by atoms with E-state index in [2.05, 4.69) is 4.90 Å². The lowest BCUT2D eigenvalue weighted by Gasteiger charge is -2.31. The molecule has 2 heterocycles. The number of halogens is 4. The van der Waals surface area contributed by atoms with E-state index in [1.807, 2.05) is 12.1 Å².